The standard InChI is InChI=1S/C10H19NO3/c1-4-5-6-9(12)11-7-10(2,13)8-14-3/h4,13H,1,5-8H2,2-3H3,(H,11,12). The number of rotatable bonds is 7. The first-order valence-corrected chi connectivity index (χ1v) is 4.61. The van der Waals surface area contributed by atoms with Crippen LogP contribution in [0.4, 0.5) is 0 Å². The van der Waals surface area contributed by atoms with Crippen molar-refractivity contribution in [1.82, 2.24) is 5.32 Å². The lowest BCUT2D eigenvalue weighted by Crippen LogP contribution is -2.43. The lowest BCUT2D eigenvalue weighted by Gasteiger charge is -2.22. The van der Waals surface area contributed by atoms with Crippen molar-refractivity contribution >= 4 is 5.91 Å². The topological polar surface area (TPSA) is 58.6 Å². The number of ether oxygens (including phenoxy) is 1. The van der Waals surface area contributed by atoms with Gasteiger partial charge >= 0.3 is 0 Å². The van der Waals surface area contributed by atoms with E-state index in [2.05, 4.69) is 11.9 Å². The molecule has 0 aliphatic heterocycles. The molecule has 4 heteroatoms. The Bertz CT molecular complexity index is 190. The van der Waals surface area contributed by atoms with E-state index < -0.39 is 5.60 Å². The maximum Gasteiger partial charge on any atom is 0.220 e. The molecule has 0 bridgehead atoms. The first kappa shape index (κ1) is 13.1. The second-order valence-corrected chi connectivity index (χ2v) is 3.53. The minimum absolute atomic E-state index is 0.0821. The van der Waals surface area contributed by atoms with Gasteiger partial charge in [0.1, 0.15) is 5.60 Å². The zero-order valence-electron chi connectivity index (χ0n) is 8.88. The van der Waals surface area contributed by atoms with Gasteiger partial charge in [0.05, 0.1) is 6.61 Å². The molecular formula is C10H19NO3. The number of carbonyl (C=O) groups excluding carboxylic acids is 1. The zero-order chi connectivity index (χ0) is 11.0. The molecule has 0 aliphatic carbocycles. The van der Waals surface area contributed by atoms with E-state index in [0.717, 1.165) is 0 Å². The number of amides is 1. The molecular weight excluding hydrogens is 182 g/mol. The minimum Gasteiger partial charge on any atom is -0.386 e. The van der Waals surface area contributed by atoms with Gasteiger partial charge in [-0.15, -0.1) is 6.58 Å². The molecule has 0 fully saturated rings. The quantitative estimate of drug-likeness (QED) is 0.588. The summed E-state index contributed by atoms with van der Waals surface area (Å²) in [6, 6.07) is 0. The van der Waals surface area contributed by atoms with Crippen molar-refractivity contribution in [2.45, 2.75) is 25.4 Å². The first-order valence-electron chi connectivity index (χ1n) is 4.61. The molecule has 0 aliphatic rings. The van der Waals surface area contributed by atoms with Crippen LogP contribution in [-0.2, 0) is 9.53 Å². The predicted molar refractivity (Wildman–Crippen MR) is 54.9 cm³/mol. The lowest BCUT2D eigenvalue weighted by molar-refractivity contribution is -0.122. The molecule has 1 unspecified atom stereocenters. The number of methoxy groups -OCH3 is 1. The molecule has 0 spiro atoms. The SMILES string of the molecule is C=CCCC(=O)NCC(C)(O)COC. The largest absolute Gasteiger partial charge is 0.386 e. The Morgan fingerprint density at radius 1 is 1.71 bits per heavy atom. The molecule has 0 rings (SSSR count). The van der Waals surface area contributed by atoms with Gasteiger partial charge in [0, 0.05) is 20.1 Å². The van der Waals surface area contributed by atoms with Crippen LogP contribution >= 0.6 is 0 Å². The van der Waals surface area contributed by atoms with Crippen LogP contribution in [0.15, 0.2) is 12.7 Å². The maximum absolute atomic E-state index is 11.1. The van der Waals surface area contributed by atoms with Crippen LogP contribution in [0.5, 0.6) is 0 Å². The van der Waals surface area contributed by atoms with Crippen molar-refractivity contribution in [3.05, 3.63) is 12.7 Å². The number of nitrogens with one attached hydrogen (secondary N) is 1. The number of hydrogen-bond donors (Lipinski definition) is 2. The molecule has 1 amide bonds. The summed E-state index contributed by atoms with van der Waals surface area (Å²) in [5.74, 6) is -0.0821. The molecule has 4 nitrogen and oxygen atoms in total. The van der Waals surface area contributed by atoms with Crippen molar-refractivity contribution in [2.75, 3.05) is 20.3 Å². The Hall–Kier alpha value is -0.870. The summed E-state index contributed by atoms with van der Waals surface area (Å²) in [6.45, 7) is 5.55. The Balaban J connectivity index is 3.69. The van der Waals surface area contributed by atoms with Gasteiger partial charge in [-0.1, -0.05) is 6.08 Å². The van der Waals surface area contributed by atoms with Crippen LogP contribution in [0.2, 0.25) is 0 Å². The Morgan fingerprint density at radius 2 is 2.36 bits per heavy atom. The van der Waals surface area contributed by atoms with Crippen LogP contribution in [0.3, 0.4) is 0 Å². The summed E-state index contributed by atoms with van der Waals surface area (Å²) in [4.78, 5) is 11.1. The van der Waals surface area contributed by atoms with E-state index in [1.54, 1.807) is 13.0 Å². The van der Waals surface area contributed by atoms with E-state index in [0.29, 0.717) is 12.8 Å². The van der Waals surface area contributed by atoms with Crippen molar-refractivity contribution < 1.29 is 14.6 Å². The van der Waals surface area contributed by atoms with E-state index in [1.807, 2.05) is 0 Å². The van der Waals surface area contributed by atoms with Crippen LogP contribution in [0.1, 0.15) is 19.8 Å². The lowest BCUT2D eigenvalue weighted by atomic mass is 10.1. The molecule has 0 aromatic carbocycles. The normalized spacial score (nSPS) is 14.5. The van der Waals surface area contributed by atoms with Gasteiger partial charge in [-0.3, -0.25) is 4.79 Å². The van der Waals surface area contributed by atoms with Gasteiger partial charge in [-0.25, -0.2) is 0 Å². The summed E-state index contributed by atoms with van der Waals surface area (Å²) in [6.07, 6.45) is 2.75. The molecule has 1 atom stereocenters. The van der Waals surface area contributed by atoms with Gasteiger partial charge in [-0.05, 0) is 13.3 Å². The summed E-state index contributed by atoms with van der Waals surface area (Å²) >= 11 is 0. The fraction of sp³-hybridized carbons (Fsp3) is 0.700. The molecule has 0 aromatic rings. The van der Waals surface area contributed by atoms with E-state index >= 15 is 0 Å². The molecule has 82 valence electrons. The smallest absolute Gasteiger partial charge is 0.220 e. The molecule has 0 radical (unpaired) electrons. The molecule has 0 aromatic heterocycles. The number of aliphatic hydroxyl groups is 1. The monoisotopic (exact) mass is 201 g/mol. The molecule has 0 heterocycles. The Labute approximate surface area is 85.0 Å². The van der Waals surface area contributed by atoms with E-state index in [9.17, 15) is 9.90 Å². The van der Waals surface area contributed by atoms with E-state index in [4.69, 9.17) is 4.74 Å². The third kappa shape index (κ3) is 6.62. The highest BCUT2D eigenvalue weighted by atomic mass is 16.5. The second-order valence-electron chi connectivity index (χ2n) is 3.53. The third-order valence-corrected chi connectivity index (χ3v) is 1.70. The van der Waals surface area contributed by atoms with E-state index in [1.165, 1.54) is 7.11 Å². The predicted octanol–water partition coefficient (Wildman–Crippen LogP) is 0.466. The van der Waals surface area contributed by atoms with Crippen LogP contribution in [0.25, 0.3) is 0 Å². The van der Waals surface area contributed by atoms with E-state index in [-0.39, 0.29) is 19.1 Å². The highest BCUT2D eigenvalue weighted by molar-refractivity contribution is 5.76. The molecule has 14 heavy (non-hydrogen) atoms. The average Bonchev–Trinajstić information content (AvgIpc) is 2.11. The minimum atomic E-state index is -1.00. The maximum atomic E-state index is 11.1. The number of allylic oxidation sites excluding steroid dienone is 1. The summed E-state index contributed by atoms with van der Waals surface area (Å²) in [5.41, 5.74) is -1.00. The summed E-state index contributed by atoms with van der Waals surface area (Å²) in [5, 5.41) is 12.3. The van der Waals surface area contributed by atoms with Gasteiger partial charge in [0.25, 0.3) is 0 Å². The Morgan fingerprint density at radius 3 is 2.86 bits per heavy atom. The fourth-order valence-corrected chi connectivity index (χ4v) is 0.973. The zero-order valence-corrected chi connectivity index (χ0v) is 8.88. The van der Waals surface area contributed by atoms with Crippen LogP contribution < -0.4 is 5.32 Å². The summed E-state index contributed by atoms with van der Waals surface area (Å²) < 4.78 is 4.80. The van der Waals surface area contributed by atoms with Gasteiger partial charge in [0.15, 0.2) is 0 Å². The van der Waals surface area contributed by atoms with Crippen molar-refractivity contribution in [1.29, 1.82) is 0 Å². The molecule has 0 saturated heterocycles. The van der Waals surface area contributed by atoms with Crippen molar-refractivity contribution in [2.24, 2.45) is 0 Å². The van der Waals surface area contributed by atoms with Gasteiger partial charge in [-0.2, -0.15) is 0 Å². The molecule has 2 N–H and O–H groups in total. The van der Waals surface area contributed by atoms with Crippen LogP contribution in [0, 0.1) is 0 Å². The van der Waals surface area contributed by atoms with Gasteiger partial charge < -0.3 is 15.2 Å². The summed E-state index contributed by atoms with van der Waals surface area (Å²) in [7, 11) is 1.51. The average molecular weight is 201 g/mol. The van der Waals surface area contributed by atoms with Crippen LogP contribution in [-0.4, -0.2) is 36.9 Å². The fourth-order valence-electron chi connectivity index (χ4n) is 0.973. The Kier molecular flexibility index (Phi) is 6.16. The third-order valence-electron chi connectivity index (χ3n) is 1.70. The van der Waals surface area contributed by atoms with Crippen molar-refractivity contribution in [3.63, 3.8) is 0 Å². The second kappa shape index (κ2) is 6.56. The van der Waals surface area contributed by atoms with Crippen molar-refractivity contribution in [3.8, 4) is 0 Å². The van der Waals surface area contributed by atoms with Gasteiger partial charge in [0.2, 0.25) is 5.91 Å². The molecule has 0 saturated carbocycles. The number of carbonyl (C=O) groups is 1. The highest BCUT2D eigenvalue weighted by Gasteiger charge is 2.20. The highest BCUT2D eigenvalue weighted by Crippen LogP contribution is 2.01. The number of hydrogen-bond acceptors (Lipinski definition) is 3. The first-order chi connectivity index (χ1) is 6.52.